The van der Waals surface area contributed by atoms with Gasteiger partial charge >= 0.3 is 18.5 Å². The summed E-state index contributed by atoms with van der Waals surface area (Å²) in [6.07, 6.45) is -10.6. The van der Waals surface area contributed by atoms with Crippen molar-refractivity contribution in [2.24, 2.45) is 5.92 Å². The number of rotatable bonds is 6. The van der Waals surface area contributed by atoms with E-state index in [1.54, 1.807) is 27.7 Å². The maximum absolute atomic E-state index is 12.6. The lowest BCUT2D eigenvalue weighted by Crippen LogP contribution is -2.34. The number of aryl methyl sites for hydroxylation is 1. The van der Waals surface area contributed by atoms with E-state index < -0.39 is 40.8 Å². The Hall–Kier alpha value is -2.43. The summed E-state index contributed by atoms with van der Waals surface area (Å²) in [7, 11) is 0. The minimum absolute atomic E-state index is 0.0669. The predicted molar refractivity (Wildman–Crippen MR) is 187 cm³/mol. The third-order valence-corrected chi connectivity index (χ3v) is 9.82. The molecule has 0 fully saturated rings. The molecule has 0 saturated heterocycles. The molecule has 0 aliphatic carbocycles. The first kappa shape index (κ1) is 49.6. The molecule has 3 rings (SSSR count). The number of Topliss-reactive ketones (excluding diaryl/α,β-unsaturated/α-hetero) is 3. The van der Waals surface area contributed by atoms with E-state index in [1.807, 2.05) is 13.8 Å². The van der Waals surface area contributed by atoms with E-state index in [-0.39, 0.29) is 54.9 Å². The van der Waals surface area contributed by atoms with Crippen molar-refractivity contribution in [1.82, 2.24) is 14.1 Å². The number of halogens is 13. The van der Waals surface area contributed by atoms with Crippen LogP contribution in [0.4, 0.5) is 39.5 Å². The van der Waals surface area contributed by atoms with Gasteiger partial charge < -0.3 is 14.1 Å². The Morgan fingerprint density at radius 2 is 1.10 bits per heavy atom. The number of aromatic amines is 1. The monoisotopic (exact) mass is 881 g/mol. The molecule has 1 unspecified atom stereocenters. The summed E-state index contributed by atoms with van der Waals surface area (Å²) in [6, 6.07) is 0. The van der Waals surface area contributed by atoms with Gasteiger partial charge in [0.05, 0.1) is 41.6 Å². The normalized spacial score (nSPS) is 12.8. The van der Waals surface area contributed by atoms with E-state index in [0.717, 1.165) is 18.6 Å². The number of nitrogens with one attached hydrogen (secondary N) is 1. The van der Waals surface area contributed by atoms with E-state index in [1.165, 1.54) is 43.8 Å². The number of carbonyl (C=O) groups excluding carboxylic acids is 3. The second kappa shape index (κ2) is 18.3. The number of ketones is 3. The summed E-state index contributed by atoms with van der Waals surface area (Å²) >= 11 is 19.8. The number of alkyl halides is 10. The highest BCUT2D eigenvalue weighted by atomic mass is 79.9. The minimum atomic E-state index is -4.51. The van der Waals surface area contributed by atoms with Gasteiger partial charge in [-0.1, -0.05) is 57.7 Å². The Labute approximate surface area is 319 Å². The van der Waals surface area contributed by atoms with Crippen LogP contribution in [0.1, 0.15) is 89.2 Å². The third kappa shape index (κ3) is 13.8. The summed E-state index contributed by atoms with van der Waals surface area (Å²) in [5, 5.41) is -0.905. The molecule has 1 atom stereocenters. The fourth-order valence-corrected chi connectivity index (χ4v) is 4.42. The zero-order valence-corrected chi connectivity index (χ0v) is 33.9. The molecule has 0 amide bonds. The van der Waals surface area contributed by atoms with Crippen LogP contribution in [0, 0.1) is 26.7 Å². The van der Waals surface area contributed by atoms with Gasteiger partial charge in [-0.2, -0.15) is 39.5 Å². The highest BCUT2D eigenvalue weighted by molar-refractivity contribution is 9.10. The van der Waals surface area contributed by atoms with E-state index in [2.05, 4.69) is 20.9 Å². The third-order valence-electron chi connectivity index (χ3n) is 7.82. The fourth-order valence-electron chi connectivity index (χ4n) is 3.69. The van der Waals surface area contributed by atoms with E-state index in [9.17, 15) is 53.9 Å². The van der Waals surface area contributed by atoms with Crippen molar-refractivity contribution >= 4 is 68.1 Å². The van der Waals surface area contributed by atoms with E-state index in [0.29, 0.717) is 11.4 Å². The smallest absolute Gasteiger partial charge is 0.363 e. The van der Waals surface area contributed by atoms with Crippen molar-refractivity contribution in [3.63, 3.8) is 0 Å². The number of aromatic nitrogens is 3. The first-order valence-electron chi connectivity index (χ1n) is 15.0. The number of hydrogen-bond donors (Lipinski definition) is 1. The molecule has 0 spiro atoms. The number of nitrogens with zero attached hydrogens (tertiary/aromatic N) is 2. The van der Waals surface area contributed by atoms with Gasteiger partial charge in [-0.15, -0.1) is 0 Å². The van der Waals surface area contributed by atoms with Crippen LogP contribution in [-0.4, -0.2) is 35.8 Å². The van der Waals surface area contributed by atoms with Gasteiger partial charge in [-0.05, 0) is 69.2 Å². The van der Waals surface area contributed by atoms with Crippen molar-refractivity contribution in [3.05, 3.63) is 67.4 Å². The average molecular weight is 884 g/mol. The first-order chi connectivity index (χ1) is 23.0. The van der Waals surface area contributed by atoms with Gasteiger partial charge in [0.1, 0.15) is 11.6 Å². The summed E-state index contributed by atoms with van der Waals surface area (Å²) in [5.41, 5.74) is -2.72. The van der Waals surface area contributed by atoms with Crippen molar-refractivity contribution in [2.45, 2.75) is 111 Å². The van der Waals surface area contributed by atoms with Crippen LogP contribution < -0.4 is 0 Å². The molecule has 0 bridgehead atoms. The highest BCUT2D eigenvalue weighted by Crippen LogP contribution is 2.40. The Balaban J connectivity index is 0.000000700. The molecule has 0 aromatic carbocycles. The van der Waals surface area contributed by atoms with Crippen LogP contribution in [-0.2, 0) is 45.0 Å². The van der Waals surface area contributed by atoms with Gasteiger partial charge in [0, 0.05) is 48.1 Å². The van der Waals surface area contributed by atoms with Crippen molar-refractivity contribution < 1.29 is 53.9 Å². The molecule has 1 N–H and O–H groups in total. The molecular formula is C33H40BrCl3F9N3O3. The summed E-state index contributed by atoms with van der Waals surface area (Å²) in [4.78, 5) is 35.3. The zero-order chi connectivity index (χ0) is 41.7. The molecular weight excluding hydrogens is 844 g/mol. The molecule has 3 aromatic rings. The lowest BCUT2D eigenvalue weighted by atomic mass is 10.00. The molecule has 19 heteroatoms. The topological polar surface area (TPSA) is 76.9 Å². The van der Waals surface area contributed by atoms with Crippen LogP contribution >= 0.6 is 50.7 Å². The van der Waals surface area contributed by atoms with Gasteiger partial charge in [0.15, 0.2) is 5.78 Å². The highest BCUT2D eigenvalue weighted by Gasteiger charge is 2.39. The molecule has 0 radical (unpaired) electrons. The van der Waals surface area contributed by atoms with Crippen molar-refractivity contribution in [2.75, 3.05) is 0 Å². The SMILES string of the molecule is CC(=O)C(C)(C)Br.CC(=O)C(C)(C)n1cc(C(F)(F)F)c(Cl)c1C.CC(=O)C(C)Cn1cc(C(F)(F)F)c(Cl)c1C.Cc1[nH]cc(C(F)(F)F)c1Cl. The summed E-state index contributed by atoms with van der Waals surface area (Å²) in [5.74, 6) is -0.477. The standard InChI is InChI=1S/2C11H13ClF3NO.C6H5ClF3N.C5H9BrO/c1-6-9(12)8(11(13,14)15)5-16(6)10(3,4)7(2)17;1-6(8(3)17)4-16-5-9(11(13,14)15)10(12)7(16)2;1-3-5(7)4(2-11-3)6(8,9)10;1-4(7)5(2,3)6/h5H,1-4H3;5-6H,4H2,1-3H3;2,11H,1H3;1-3H3. The van der Waals surface area contributed by atoms with Crippen LogP contribution in [0.2, 0.25) is 15.1 Å². The molecule has 296 valence electrons. The van der Waals surface area contributed by atoms with Gasteiger partial charge in [0.25, 0.3) is 0 Å². The lowest BCUT2D eigenvalue weighted by molar-refractivity contribution is -0.138. The van der Waals surface area contributed by atoms with Crippen LogP contribution in [0.15, 0.2) is 18.6 Å². The molecule has 0 aliphatic rings. The molecule has 0 aliphatic heterocycles. The number of hydrogen-bond acceptors (Lipinski definition) is 3. The Morgan fingerprint density at radius 3 is 1.35 bits per heavy atom. The van der Waals surface area contributed by atoms with Gasteiger partial charge in [-0.3, -0.25) is 14.4 Å². The Morgan fingerprint density at radius 1 is 0.712 bits per heavy atom. The van der Waals surface area contributed by atoms with E-state index >= 15 is 0 Å². The molecule has 52 heavy (non-hydrogen) atoms. The van der Waals surface area contributed by atoms with Crippen LogP contribution in [0.5, 0.6) is 0 Å². The molecule has 6 nitrogen and oxygen atoms in total. The minimum Gasteiger partial charge on any atom is -0.363 e. The fraction of sp³-hybridized carbons (Fsp3) is 0.545. The van der Waals surface area contributed by atoms with E-state index in [4.69, 9.17) is 34.8 Å². The van der Waals surface area contributed by atoms with Crippen molar-refractivity contribution in [3.8, 4) is 0 Å². The number of carbonyl (C=O) groups is 3. The van der Waals surface area contributed by atoms with Crippen LogP contribution in [0.3, 0.4) is 0 Å². The maximum Gasteiger partial charge on any atom is 0.419 e. The molecule has 3 aromatic heterocycles. The molecule has 0 saturated carbocycles. The van der Waals surface area contributed by atoms with Crippen LogP contribution in [0.25, 0.3) is 0 Å². The number of H-pyrrole nitrogens is 1. The summed E-state index contributed by atoms with van der Waals surface area (Å²) in [6.45, 7) is 17.4. The predicted octanol–water partition coefficient (Wildman–Crippen LogP) is 12.2. The Bertz CT molecular complexity index is 1710. The van der Waals surface area contributed by atoms with Gasteiger partial charge in [0.2, 0.25) is 0 Å². The zero-order valence-electron chi connectivity index (χ0n) is 30.0. The lowest BCUT2D eigenvalue weighted by Gasteiger charge is -2.25. The second-order valence-electron chi connectivity index (χ2n) is 12.7. The largest absolute Gasteiger partial charge is 0.419 e. The first-order valence-corrected chi connectivity index (χ1v) is 16.9. The molecule has 3 heterocycles. The summed E-state index contributed by atoms with van der Waals surface area (Å²) < 4.78 is 114. The Kier molecular flexibility index (Phi) is 17.4. The quantitative estimate of drug-likeness (QED) is 0.198. The maximum atomic E-state index is 12.6. The van der Waals surface area contributed by atoms with Crippen molar-refractivity contribution in [1.29, 1.82) is 0 Å². The van der Waals surface area contributed by atoms with Gasteiger partial charge in [-0.25, -0.2) is 0 Å². The second-order valence-corrected chi connectivity index (χ2v) is 15.8. The average Bonchev–Trinajstić information content (AvgIpc) is 3.57.